The minimum atomic E-state index is -4.54. The van der Waals surface area contributed by atoms with Crippen molar-refractivity contribution in [2.75, 3.05) is 29.2 Å². The van der Waals surface area contributed by atoms with Gasteiger partial charge >= 0.3 is 13.7 Å². The molecule has 0 saturated heterocycles. The maximum absolute atomic E-state index is 10.1. The summed E-state index contributed by atoms with van der Waals surface area (Å²) < 4.78 is 91.9. The largest absolute Gasteiger partial charge is 0.545 e. The third kappa shape index (κ3) is 60.3. The van der Waals surface area contributed by atoms with E-state index in [1.807, 2.05) is 0 Å². The summed E-state index contributed by atoms with van der Waals surface area (Å²) in [5, 5.41) is 19.4. The Labute approximate surface area is 214 Å². The van der Waals surface area contributed by atoms with Crippen LogP contribution in [0.2, 0.25) is 0 Å². The number of rotatable bonds is 10. The molecule has 0 aliphatic heterocycles. The molecule has 5 N–H and O–H groups in total. The standard InChI is InChI=1S/C4H7O5P.C3H4O6S.C2H4O4S.C2H6O3S2.CO2/c1-3(4(5)6)2-10(7,8)9;4-2(3(5)6)1-10(7,8)9;3-1-2-7(4,5)6;3-7(4,5)2-1-6;2-1-3/h1-2H2,(H,5,6)(H2,7,8,9);1H2,(H,5,6)(H,7,8,9);1H,2H2,(H,4,5,6);6H,1-2H2,(H,3,4,5);/p-2. The summed E-state index contributed by atoms with van der Waals surface area (Å²) >= 11 is 3.57. The van der Waals surface area contributed by atoms with Crippen LogP contribution in [0, 0.1) is 0 Å². The first-order chi connectivity index (χ1) is 16.2. The van der Waals surface area contributed by atoms with E-state index in [1.165, 1.54) is 0 Å². The Morgan fingerprint density at radius 2 is 1.27 bits per heavy atom. The van der Waals surface area contributed by atoms with Gasteiger partial charge in [-0.3, -0.25) is 23.0 Å². The monoisotopic (exact) mass is 642 g/mol. The highest BCUT2D eigenvalue weighted by atomic mass is 32.2. The topological polar surface area (TPSA) is 369 Å². The lowest BCUT2D eigenvalue weighted by Gasteiger charge is -2.06. The van der Waals surface area contributed by atoms with Crippen molar-refractivity contribution in [2.45, 2.75) is 0 Å². The summed E-state index contributed by atoms with van der Waals surface area (Å²) in [5.41, 5.74) is -0.590. The van der Waals surface area contributed by atoms with Gasteiger partial charge in [0.15, 0.2) is 5.78 Å². The van der Waals surface area contributed by atoms with Gasteiger partial charge in [-0.1, -0.05) is 6.58 Å². The molecule has 0 aromatic heterocycles. The third-order valence-corrected chi connectivity index (χ3v) is 5.08. The molecule has 218 valence electrons. The van der Waals surface area contributed by atoms with E-state index in [0.29, 0.717) is 0 Å². The van der Waals surface area contributed by atoms with Gasteiger partial charge in [-0.25, -0.2) is 0 Å². The molecule has 20 nitrogen and oxygen atoms in total. The second kappa shape index (κ2) is 21.7. The quantitative estimate of drug-likeness (QED) is 0.0322. The lowest BCUT2D eigenvalue weighted by molar-refractivity contribution is -0.300. The van der Waals surface area contributed by atoms with Crippen molar-refractivity contribution in [3.63, 3.8) is 0 Å². The third-order valence-electron chi connectivity index (χ3n) is 1.85. The van der Waals surface area contributed by atoms with Crippen molar-refractivity contribution in [3.8, 4) is 0 Å². The smallest absolute Gasteiger partial charge is 0.373 e. The van der Waals surface area contributed by atoms with Crippen LogP contribution in [0.5, 0.6) is 0 Å². The molecule has 0 aliphatic rings. The number of carbonyl (C=O) groups is 4. The van der Waals surface area contributed by atoms with Crippen LogP contribution in [0.4, 0.5) is 0 Å². The second-order valence-electron chi connectivity index (χ2n) is 5.16. The summed E-state index contributed by atoms with van der Waals surface area (Å²) in [6, 6.07) is 0. The van der Waals surface area contributed by atoms with Gasteiger partial charge in [0.2, 0.25) is 0 Å². The van der Waals surface area contributed by atoms with Gasteiger partial charge in [0.05, 0.1) is 17.9 Å². The molecule has 0 aromatic carbocycles. The number of thiol groups is 1. The zero-order valence-corrected chi connectivity index (χ0v) is 22.0. The second-order valence-corrected chi connectivity index (χ2v) is 11.8. The SMILES string of the molecule is C=C(CP(=O)(O)O)C(=O)[O-].O=C([O-])C(=O)CS(=O)(=O)O.O=C=O.O=CCS(=O)(=O)O.O=S(=O)(O)CCS. The van der Waals surface area contributed by atoms with Crippen LogP contribution in [0.15, 0.2) is 12.2 Å². The Balaban J connectivity index is -0.000000120. The van der Waals surface area contributed by atoms with Gasteiger partial charge in [-0.2, -0.15) is 47.5 Å². The summed E-state index contributed by atoms with van der Waals surface area (Å²) in [6.45, 7) is 2.89. The van der Waals surface area contributed by atoms with E-state index in [2.05, 4.69) is 19.2 Å². The van der Waals surface area contributed by atoms with E-state index in [0.717, 1.165) is 0 Å². The minimum absolute atomic E-state index is 0.120. The van der Waals surface area contributed by atoms with Crippen molar-refractivity contribution in [1.82, 2.24) is 0 Å². The number of carboxylic acid groups (broad SMARTS) is 2. The maximum Gasteiger partial charge on any atom is 0.373 e. The average molecular weight is 643 g/mol. The first-order valence-electron chi connectivity index (χ1n) is 7.76. The van der Waals surface area contributed by atoms with Crippen LogP contribution >= 0.6 is 20.2 Å². The van der Waals surface area contributed by atoms with Crippen LogP contribution in [-0.2, 0) is 63.7 Å². The Bertz CT molecular complexity index is 1150. The van der Waals surface area contributed by atoms with E-state index in [9.17, 15) is 59.2 Å². The first kappa shape index (κ1) is 44.6. The number of aliphatic carboxylic acids is 2. The molecule has 25 heteroatoms. The van der Waals surface area contributed by atoms with Crippen molar-refractivity contribution < 1.29 is 92.2 Å². The van der Waals surface area contributed by atoms with Crippen molar-refractivity contribution in [1.29, 1.82) is 0 Å². The molecule has 0 atom stereocenters. The summed E-state index contributed by atoms with van der Waals surface area (Å²) in [7, 11) is -16.6. The number of carboxylic acids is 2. The highest BCUT2D eigenvalue weighted by Gasteiger charge is 2.14. The predicted octanol–water partition coefficient (Wildman–Crippen LogP) is -6.04. The molecule has 0 amide bonds. The molecule has 37 heavy (non-hydrogen) atoms. The van der Waals surface area contributed by atoms with Gasteiger partial charge < -0.3 is 34.4 Å². The van der Waals surface area contributed by atoms with E-state index in [-0.39, 0.29) is 23.9 Å². The van der Waals surface area contributed by atoms with Crippen LogP contribution in [0.3, 0.4) is 0 Å². The van der Waals surface area contributed by atoms with E-state index < -0.39 is 78.9 Å². The Kier molecular flexibility index (Phi) is 26.2. The zero-order chi connectivity index (χ0) is 31.3. The number of carbonyl (C=O) groups excluding carboxylic acids is 6. The molecule has 0 spiro atoms. The van der Waals surface area contributed by atoms with E-state index >= 15 is 0 Å². The highest BCUT2D eigenvalue weighted by molar-refractivity contribution is 7.87. The van der Waals surface area contributed by atoms with Crippen molar-refractivity contribution in [2.24, 2.45) is 0 Å². The Hall–Kier alpha value is -2.37. The number of hydrogen-bond acceptors (Lipinski definition) is 16. The molecule has 0 saturated carbocycles. The molecular formula is C12H19O20PS4-2. The van der Waals surface area contributed by atoms with Crippen LogP contribution < -0.4 is 10.2 Å². The summed E-state index contributed by atoms with van der Waals surface area (Å²) in [5.74, 6) is -7.78. The molecule has 0 radical (unpaired) electrons. The molecule has 0 rings (SSSR count). The Morgan fingerprint density at radius 1 is 0.892 bits per heavy atom. The van der Waals surface area contributed by atoms with Crippen molar-refractivity contribution >= 4 is 80.7 Å². The maximum atomic E-state index is 10.1. The average Bonchev–Trinajstić information content (AvgIpc) is 2.59. The molecule has 0 fully saturated rings. The number of hydrogen-bond donors (Lipinski definition) is 6. The minimum Gasteiger partial charge on any atom is -0.545 e. The van der Waals surface area contributed by atoms with Crippen LogP contribution in [0.25, 0.3) is 0 Å². The van der Waals surface area contributed by atoms with Gasteiger partial charge in [0, 0.05) is 5.75 Å². The summed E-state index contributed by atoms with van der Waals surface area (Å²) in [4.78, 5) is 71.2. The van der Waals surface area contributed by atoms with Crippen LogP contribution in [-0.4, -0.2) is 108 Å². The fourth-order valence-electron chi connectivity index (χ4n) is 0.739. The highest BCUT2D eigenvalue weighted by Crippen LogP contribution is 2.35. The van der Waals surface area contributed by atoms with Gasteiger partial charge in [0.25, 0.3) is 30.4 Å². The number of Topliss-reactive ketones (excluding diaryl/α,β-unsaturated/α-hetero) is 1. The molecular weight excluding hydrogens is 623 g/mol. The zero-order valence-electron chi connectivity index (χ0n) is 17.8. The number of ketones is 1. The van der Waals surface area contributed by atoms with Gasteiger partial charge in [-0.15, -0.1) is 0 Å². The first-order valence-corrected chi connectivity index (χ1v) is 15.0. The number of aldehydes is 1. The molecule has 0 bridgehead atoms. The van der Waals surface area contributed by atoms with E-state index in [1.54, 1.807) is 0 Å². The lowest BCUT2D eigenvalue weighted by atomic mass is 10.4. The lowest BCUT2D eigenvalue weighted by Crippen LogP contribution is -2.35. The normalized spacial score (nSPS) is 10.4. The fourth-order valence-corrected chi connectivity index (χ4v) is 2.91. The summed E-state index contributed by atoms with van der Waals surface area (Å²) in [6.07, 6.45) is -0.481. The van der Waals surface area contributed by atoms with Crippen LogP contribution in [0.1, 0.15) is 0 Å². The molecule has 0 aliphatic carbocycles. The molecule has 0 unspecified atom stereocenters. The van der Waals surface area contributed by atoms with Gasteiger partial charge in [0.1, 0.15) is 23.8 Å². The van der Waals surface area contributed by atoms with Crippen molar-refractivity contribution in [3.05, 3.63) is 12.2 Å². The molecule has 0 heterocycles. The van der Waals surface area contributed by atoms with Gasteiger partial charge in [-0.05, 0) is 5.57 Å². The fraction of sp³-hybridized carbons (Fsp3) is 0.417. The molecule has 0 aromatic rings. The van der Waals surface area contributed by atoms with E-state index in [4.69, 9.17) is 33.0 Å². The predicted molar refractivity (Wildman–Crippen MR) is 115 cm³/mol. The Morgan fingerprint density at radius 3 is 1.32 bits per heavy atom.